The van der Waals surface area contributed by atoms with Crippen molar-refractivity contribution in [1.82, 2.24) is 4.98 Å². The fraction of sp³-hybridized carbons (Fsp3) is 0.462. The quantitative estimate of drug-likeness (QED) is 0.464. The Morgan fingerprint density at radius 3 is 2.52 bits per heavy atom. The van der Waals surface area contributed by atoms with Crippen molar-refractivity contribution in [2.24, 2.45) is 17.3 Å². The standard InChI is InChI=1S/C26H27ClN2OS/c1-15-3-5-19(6-4-15)25-10-17-8-18(11-25)13-26(12-17,14-25)23(30)29-24-28-21-9-20(27)16(2)7-22(21)31-24/h3-7,9,17-18H,8,10-14H2,1-2H3,(H,28,29,30). The minimum absolute atomic E-state index is 0.160. The third-order valence-corrected chi connectivity index (χ3v) is 9.44. The van der Waals surface area contributed by atoms with E-state index in [1.807, 2.05) is 13.0 Å². The maximum Gasteiger partial charge on any atom is 0.232 e. The van der Waals surface area contributed by atoms with Crippen LogP contribution < -0.4 is 5.32 Å². The van der Waals surface area contributed by atoms with Crippen molar-refractivity contribution >= 4 is 44.2 Å². The van der Waals surface area contributed by atoms with Crippen LogP contribution in [0.4, 0.5) is 5.13 Å². The summed E-state index contributed by atoms with van der Waals surface area (Å²) >= 11 is 7.82. The number of carbonyl (C=O) groups is 1. The van der Waals surface area contributed by atoms with Gasteiger partial charge in [0.05, 0.1) is 15.6 Å². The van der Waals surface area contributed by atoms with Crippen molar-refractivity contribution in [1.29, 1.82) is 0 Å². The summed E-state index contributed by atoms with van der Waals surface area (Å²) in [4.78, 5) is 18.4. The Bertz CT molecular complexity index is 1150. The Labute approximate surface area is 192 Å². The van der Waals surface area contributed by atoms with Crippen LogP contribution in [0.2, 0.25) is 5.02 Å². The summed E-state index contributed by atoms with van der Waals surface area (Å²) < 4.78 is 1.07. The zero-order valence-corrected chi connectivity index (χ0v) is 19.6. The molecular formula is C26H27ClN2OS. The number of halogens is 1. The van der Waals surface area contributed by atoms with Crippen molar-refractivity contribution in [3.8, 4) is 0 Å². The number of carbonyl (C=O) groups excluding carboxylic acids is 1. The molecule has 5 heteroatoms. The number of aryl methyl sites for hydroxylation is 2. The molecular weight excluding hydrogens is 424 g/mol. The molecule has 31 heavy (non-hydrogen) atoms. The SMILES string of the molecule is Cc1ccc(C23CC4CC(CC(C(=O)Nc5nc6cc(Cl)c(C)cc6s5)(C4)C2)C3)cc1. The minimum atomic E-state index is -0.264. The van der Waals surface area contributed by atoms with Gasteiger partial charge in [-0.05, 0) is 92.9 Å². The molecule has 2 aromatic carbocycles. The Morgan fingerprint density at radius 2 is 1.81 bits per heavy atom. The van der Waals surface area contributed by atoms with E-state index in [2.05, 4.69) is 47.6 Å². The second-order valence-corrected chi connectivity index (χ2v) is 11.9. The topological polar surface area (TPSA) is 42.0 Å². The van der Waals surface area contributed by atoms with E-state index in [-0.39, 0.29) is 16.7 Å². The highest BCUT2D eigenvalue weighted by Crippen LogP contribution is 2.66. The summed E-state index contributed by atoms with van der Waals surface area (Å²) in [6.45, 7) is 4.14. The number of hydrogen-bond donors (Lipinski definition) is 1. The molecule has 4 aliphatic carbocycles. The fourth-order valence-electron chi connectivity index (χ4n) is 7.11. The normalized spacial score (nSPS) is 31.3. The van der Waals surface area contributed by atoms with E-state index in [0.29, 0.717) is 17.0 Å². The molecule has 0 spiro atoms. The Hall–Kier alpha value is -1.91. The molecule has 2 unspecified atom stereocenters. The number of benzene rings is 2. The highest BCUT2D eigenvalue weighted by molar-refractivity contribution is 7.22. The molecule has 1 amide bonds. The van der Waals surface area contributed by atoms with Crippen molar-refractivity contribution in [3.05, 3.63) is 58.1 Å². The summed E-state index contributed by atoms with van der Waals surface area (Å²) in [6.07, 6.45) is 6.79. The number of rotatable bonds is 3. The molecule has 1 N–H and O–H groups in total. The summed E-state index contributed by atoms with van der Waals surface area (Å²) in [5.41, 5.74) is 4.53. The lowest BCUT2D eigenvalue weighted by Gasteiger charge is -2.61. The highest BCUT2D eigenvalue weighted by atomic mass is 35.5. The average molecular weight is 451 g/mol. The van der Waals surface area contributed by atoms with Crippen molar-refractivity contribution in [3.63, 3.8) is 0 Å². The third kappa shape index (κ3) is 3.14. The van der Waals surface area contributed by atoms with Gasteiger partial charge in [0.25, 0.3) is 0 Å². The number of anilines is 1. The van der Waals surface area contributed by atoms with Gasteiger partial charge in [-0.25, -0.2) is 4.98 Å². The summed E-state index contributed by atoms with van der Waals surface area (Å²) in [7, 11) is 0. The monoisotopic (exact) mass is 450 g/mol. The van der Waals surface area contributed by atoms with Crippen LogP contribution in [-0.2, 0) is 10.2 Å². The maximum absolute atomic E-state index is 13.7. The van der Waals surface area contributed by atoms with E-state index in [1.165, 1.54) is 30.4 Å². The van der Waals surface area contributed by atoms with E-state index in [0.717, 1.165) is 40.1 Å². The van der Waals surface area contributed by atoms with E-state index in [4.69, 9.17) is 11.6 Å². The summed E-state index contributed by atoms with van der Waals surface area (Å²) in [5, 5.41) is 4.65. The average Bonchev–Trinajstić information content (AvgIpc) is 3.08. The molecule has 3 nitrogen and oxygen atoms in total. The van der Waals surface area contributed by atoms with Crippen LogP contribution in [0, 0.1) is 31.1 Å². The molecule has 160 valence electrons. The van der Waals surface area contributed by atoms with Gasteiger partial charge in [-0.2, -0.15) is 0 Å². The second kappa shape index (κ2) is 6.79. The van der Waals surface area contributed by atoms with Gasteiger partial charge >= 0.3 is 0 Å². The highest BCUT2D eigenvalue weighted by Gasteiger charge is 2.61. The predicted octanol–water partition coefficient (Wildman–Crippen LogP) is 7.04. The van der Waals surface area contributed by atoms with Crippen molar-refractivity contribution in [2.45, 2.75) is 57.8 Å². The van der Waals surface area contributed by atoms with Crippen molar-refractivity contribution in [2.75, 3.05) is 5.32 Å². The number of hydrogen-bond acceptors (Lipinski definition) is 3. The van der Waals surface area contributed by atoms with Gasteiger partial charge in [-0.15, -0.1) is 0 Å². The molecule has 1 heterocycles. The molecule has 1 aromatic heterocycles. The van der Waals surface area contributed by atoms with Gasteiger partial charge < -0.3 is 5.32 Å². The fourth-order valence-corrected chi connectivity index (χ4v) is 8.21. The number of amides is 1. The van der Waals surface area contributed by atoms with Crippen LogP contribution in [0.25, 0.3) is 10.2 Å². The molecule has 0 aliphatic heterocycles. The Kier molecular flexibility index (Phi) is 4.33. The molecule has 4 aliphatic rings. The van der Waals surface area contributed by atoms with E-state index in [1.54, 1.807) is 11.3 Å². The van der Waals surface area contributed by atoms with Crippen LogP contribution in [0.1, 0.15) is 55.2 Å². The van der Waals surface area contributed by atoms with E-state index < -0.39 is 0 Å². The van der Waals surface area contributed by atoms with Crippen LogP contribution in [0.15, 0.2) is 36.4 Å². The van der Waals surface area contributed by atoms with E-state index in [9.17, 15) is 4.79 Å². The number of nitrogens with one attached hydrogen (secondary N) is 1. The van der Waals surface area contributed by atoms with Gasteiger partial charge in [0.1, 0.15) is 0 Å². The van der Waals surface area contributed by atoms with Crippen LogP contribution in [0.5, 0.6) is 0 Å². The molecule has 7 rings (SSSR count). The zero-order valence-electron chi connectivity index (χ0n) is 18.0. The molecule has 4 saturated carbocycles. The smallest absolute Gasteiger partial charge is 0.232 e. The molecule has 0 saturated heterocycles. The van der Waals surface area contributed by atoms with Crippen molar-refractivity contribution < 1.29 is 4.79 Å². The minimum Gasteiger partial charge on any atom is -0.301 e. The lowest BCUT2D eigenvalue weighted by atomic mass is 9.42. The molecule has 0 radical (unpaired) electrons. The first-order valence-corrected chi connectivity index (χ1v) is 12.5. The first-order valence-electron chi connectivity index (χ1n) is 11.3. The summed E-state index contributed by atoms with van der Waals surface area (Å²) in [5.74, 6) is 1.50. The predicted molar refractivity (Wildman–Crippen MR) is 128 cm³/mol. The summed E-state index contributed by atoms with van der Waals surface area (Å²) in [6, 6.07) is 13.0. The second-order valence-electron chi connectivity index (χ2n) is 10.4. The van der Waals surface area contributed by atoms with E-state index >= 15 is 0 Å². The molecule has 3 aromatic rings. The van der Waals surface area contributed by atoms with Gasteiger partial charge in [0.2, 0.25) is 5.91 Å². The first-order chi connectivity index (χ1) is 14.8. The largest absolute Gasteiger partial charge is 0.301 e. The van der Waals surface area contributed by atoms with Crippen LogP contribution in [0.3, 0.4) is 0 Å². The third-order valence-electron chi connectivity index (χ3n) is 8.10. The Balaban J connectivity index is 1.32. The number of thiazole rings is 1. The number of fused-ring (bicyclic) bond motifs is 1. The lowest BCUT2D eigenvalue weighted by Crippen LogP contribution is -2.57. The van der Waals surface area contributed by atoms with Crippen LogP contribution >= 0.6 is 22.9 Å². The lowest BCUT2D eigenvalue weighted by molar-refractivity contribution is -0.143. The van der Waals surface area contributed by atoms with Gasteiger partial charge in [0, 0.05) is 5.02 Å². The molecule has 4 bridgehead atoms. The zero-order chi connectivity index (χ0) is 21.4. The first kappa shape index (κ1) is 19.8. The Morgan fingerprint density at radius 1 is 1.10 bits per heavy atom. The van der Waals surface area contributed by atoms with Gasteiger partial charge in [-0.3, -0.25) is 4.79 Å². The molecule has 4 fully saturated rings. The molecule has 2 atom stereocenters. The number of nitrogens with zero attached hydrogens (tertiary/aromatic N) is 1. The van der Waals surface area contributed by atoms with Crippen LogP contribution in [-0.4, -0.2) is 10.9 Å². The maximum atomic E-state index is 13.7. The van der Waals surface area contributed by atoms with Gasteiger partial charge in [0.15, 0.2) is 5.13 Å². The van der Waals surface area contributed by atoms with Gasteiger partial charge in [-0.1, -0.05) is 52.8 Å². The number of aromatic nitrogens is 1.